The number of rotatable bonds is 2. The van der Waals surface area contributed by atoms with Crippen LogP contribution in [0, 0.1) is 10.7 Å². The Balaban J connectivity index is 0.00000112. The molecule has 0 bridgehead atoms. The van der Waals surface area contributed by atoms with Crippen molar-refractivity contribution < 1.29 is 16.5 Å². The minimum Gasteiger partial charge on any atom is -0.741 e. The Morgan fingerprint density at radius 2 is 1.83 bits per heavy atom. The van der Waals surface area contributed by atoms with Crippen LogP contribution in [0.5, 0.6) is 0 Å². The van der Waals surface area contributed by atoms with E-state index in [1.807, 2.05) is 25.1 Å². The van der Waals surface area contributed by atoms with Crippen molar-refractivity contribution in [3.05, 3.63) is 30.1 Å². The van der Waals surface area contributed by atoms with Crippen LogP contribution in [-0.4, -0.2) is 33.9 Å². The molecule has 0 N–H and O–H groups in total. The van der Waals surface area contributed by atoms with Gasteiger partial charge in [0.2, 0.25) is 0 Å². The average Bonchev–Trinajstić information content (AvgIpc) is 2.83. The monoisotopic (exact) mass is 391 g/mol. The van der Waals surface area contributed by atoms with Gasteiger partial charge in [0.05, 0.1) is 11.4 Å². The number of pyridine rings is 1. The van der Waals surface area contributed by atoms with Crippen molar-refractivity contribution in [1.82, 2.24) is 9.88 Å². The van der Waals surface area contributed by atoms with E-state index >= 15 is 0 Å². The number of amidine groups is 1. The van der Waals surface area contributed by atoms with Crippen LogP contribution in [0.15, 0.2) is 34.6 Å². The second-order valence-electron chi connectivity index (χ2n) is 4.78. The molecule has 1 aliphatic rings. The second kappa shape index (κ2) is 13.2. The molecule has 0 saturated carbocycles. The zero-order valence-electron chi connectivity index (χ0n) is 12.9. The molecule has 1 aromatic rings. The van der Waals surface area contributed by atoms with Crippen molar-refractivity contribution >= 4 is 36.1 Å². The summed E-state index contributed by atoms with van der Waals surface area (Å²) in [7, 11) is 0. The molecule has 0 spiro atoms. The number of likely N-dealkylation sites (tertiary alicyclic amines) is 1. The Bertz CT molecular complexity index is 535. The van der Waals surface area contributed by atoms with Gasteiger partial charge < -0.3 is 30.2 Å². The van der Waals surface area contributed by atoms with E-state index in [9.17, 15) is 0 Å². The Morgan fingerprint density at radius 3 is 2.35 bits per heavy atom. The first kappa shape index (κ1) is 21.7. The van der Waals surface area contributed by atoms with Crippen LogP contribution in [0.1, 0.15) is 38.3 Å². The molecule has 0 atom stereocenters. The summed E-state index contributed by atoms with van der Waals surface area (Å²) in [6.07, 6.45) is 6.71. The van der Waals surface area contributed by atoms with Gasteiger partial charge in [0.25, 0.3) is 0 Å². The number of hydrogen-bond donors (Lipinski definition) is 0. The number of nitriles is 1. The first-order chi connectivity index (χ1) is 10.7. The largest absolute Gasteiger partial charge is 2.00 e. The normalized spacial score (nSPS) is 15.4. The summed E-state index contributed by atoms with van der Waals surface area (Å²) >= 11 is 9.03. The number of nitrogens with zero attached hydrogens (tertiary/aromatic N) is 5. The van der Waals surface area contributed by atoms with Gasteiger partial charge in [0, 0.05) is 24.5 Å². The van der Waals surface area contributed by atoms with Gasteiger partial charge >= 0.3 is 16.5 Å². The summed E-state index contributed by atoms with van der Waals surface area (Å²) in [6.45, 7) is 3.90. The first-order valence-corrected chi connectivity index (χ1v) is 7.97. The van der Waals surface area contributed by atoms with Gasteiger partial charge in [-0.05, 0) is 31.9 Å². The molecule has 0 aliphatic carbocycles. The molecule has 0 radical (unpaired) electrons. The molecule has 1 saturated heterocycles. The van der Waals surface area contributed by atoms with Gasteiger partial charge in [-0.25, -0.2) is 5.26 Å². The fourth-order valence-electron chi connectivity index (χ4n) is 2.07. The first-order valence-electron chi connectivity index (χ1n) is 7.16. The maximum absolute atomic E-state index is 7.13. The molecular weight excluding hydrogens is 373 g/mol. The molecule has 0 unspecified atom stereocenters. The molecule has 0 amide bonds. The third-order valence-electron chi connectivity index (χ3n) is 3.20. The van der Waals surface area contributed by atoms with Crippen molar-refractivity contribution in [3.8, 4) is 5.40 Å². The van der Waals surface area contributed by atoms with E-state index in [1.165, 1.54) is 31.1 Å². The number of hydrogen-bond acceptors (Lipinski definition) is 6. The van der Waals surface area contributed by atoms with Crippen LogP contribution in [-0.2, 0) is 41.7 Å². The van der Waals surface area contributed by atoms with E-state index in [0.717, 1.165) is 24.5 Å². The minimum absolute atomic E-state index is 0. The van der Waals surface area contributed by atoms with Gasteiger partial charge in [0.15, 0.2) is 0 Å². The van der Waals surface area contributed by atoms with E-state index in [1.54, 1.807) is 6.20 Å². The molecule has 1 aromatic heterocycles. The van der Waals surface area contributed by atoms with E-state index < -0.39 is 0 Å². The molecule has 2 rings (SSSR count). The zero-order chi connectivity index (χ0) is 16.2. The van der Waals surface area contributed by atoms with E-state index in [-0.39, 0.29) is 16.5 Å². The van der Waals surface area contributed by atoms with Crippen molar-refractivity contribution in [3.63, 3.8) is 0 Å². The predicted octanol–water partition coefficient (Wildman–Crippen LogP) is 2.60. The van der Waals surface area contributed by atoms with Crippen molar-refractivity contribution in [2.24, 2.45) is 10.2 Å². The maximum atomic E-state index is 7.13. The quantitative estimate of drug-likeness (QED) is 0.193. The molecule has 1 aliphatic heterocycles. The molecular formula is C15H19N5NiS2. The summed E-state index contributed by atoms with van der Waals surface area (Å²) in [4.78, 5) is 6.39. The predicted molar refractivity (Wildman–Crippen MR) is 94.3 cm³/mol. The van der Waals surface area contributed by atoms with E-state index in [2.05, 4.69) is 32.7 Å². The third-order valence-corrected chi connectivity index (χ3v) is 3.54. The van der Waals surface area contributed by atoms with Gasteiger partial charge in [-0.15, -0.1) is 0 Å². The van der Waals surface area contributed by atoms with Crippen LogP contribution in [0.4, 0.5) is 0 Å². The smallest absolute Gasteiger partial charge is 0.741 e. The summed E-state index contributed by atoms with van der Waals surface area (Å²) in [6, 6.07) is 5.74. The number of thiocyanates is 1. The molecule has 0 aromatic carbocycles. The molecule has 2 heterocycles. The van der Waals surface area contributed by atoms with Gasteiger partial charge in [-0.1, -0.05) is 24.3 Å². The Kier molecular flexibility index (Phi) is 12.4. The molecule has 126 valence electrons. The van der Waals surface area contributed by atoms with Crippen LogP contribution in [0.3, 0.4) is 0 Å². The summed E-state index contributed by atoms with van der Waals surface area (Å²) < 4.78 is 0. The van der Waals surface area contributed by atoms with Gasteiger partial charge in [-0.3, -0.25) is 4.98 Å². The van der Waals surface area contributed by atoms with Crippen molar-refractivity contribution in [2.45, 2.75) is 32.6 Å². The van der Waals surface area contributed by atoms with Crippen LogP contribution in [0.2, 0.25) is 0 Å². The minimum atomic E-state index is 0. The maximum Gasteiger partial charge on any atom is 2.00 e. The zero-order valence-corrected chi connectivity index (χ0v) is 15.5. The van der Waals surface area contributed by atoms with E-state index in [0.29, 0.717) is 5.17 Å². The van der Waals surface area contributed by atoms with Crippen LogP contribution in [0.25, 0.3) is 0 Å². The fraction of sp³-hybridized carbons (Fsp3) is 0.467. The van der Waals surface area contributed by atoms with Crippen molar-refractivity contribution in [2.75, 3.05) is 13.1 Å². The van der Waals surface area contributed by atoms with Gasteiger partial charge in [0.1, 0.15) is 0 Å². The SMILES string of the molecule is C/C(=N\N=C(/[S-])N1CCCCCC1)c1ccccn1.N#C[S-].[Ni+2]. The number of aromatic nitrogens is 1. The summed E-state index contributed by atoms with van der Waals surface area (Å²) in [5, 5.41) is 17.4. The van der Waals surface area contributed by atoms with Crippen LogP contribution >= 0.6 is 0 Å². The summed E-state index contributed by atoms with van der Waals surface area (Å²) in [5.41, 5.74) is 1.63. The topological polar surface area (TPSA) is 64.6 Å². The van der Waals surface area contributed by atoms with E-state index in [4.69, 9.17) is 17.9 Å². The molecule has 5 nitrogen and oxygen atoms in total. The summed E-state index contributed by atoms with van der Waals surface area (Å²) in [5.74, 6) is 0. The molecule has 8 heteroatoms. The molecule has 1 fully saturated rings. The Labute approximate surface area is 159 Å². The van der Waals surface area contributed by atoms with Crippen LogP contribution < -0.4 is 0 Å². The van der Waals surface area contributed by atoms with Crippen molar-refractivity contribution in [1.29, 1.82) is 5.26 Å². The third kappa shape index (κ3) is 8.80. The van der Waals surface area contributed by atoms with Gasteiger partial charge in [-0.2, -0.15) is 10.2 Å². The Hall–Kier alpha value is -1.29. The standard InChI is InChI=1S/C14H20N4S.CHNS.Ni/c1-12(13-8-4-5-9-15-13)16-17-14(19)18-10-6-2-3-7-11-18;2-1-3;/h4-5,8-9H,2-3,6-7,10-11H2,1H3,(H,17,19);3H;/q;;+2/p-2/b16-12+;;. The average molecular weight is 392 g/mol. The molecule has 23 heavy (non-hydrogen) atoms. The second-order valence-corrected chi connectivity index (χ2v) is 5.32. The Morgan fingerprint density at radius 1 is 1.22 bits per heavy atom. The fourth-order valence-corrected chi connectivity index (χ4v) is 2.29.